The summed E-state index contributed by atoms with van der Waals surface area (Å²) in [5, 5.41) is 6.33. The zero-order valence-electron chi connectivity index (χ0n) is 11.5. The van der Waals surface area contributed by atoms with Gasteiger partial charge in [0.05, 0.1) is 0 Å². The molecule has 102 valence electrons. The van der Waals surface area contributed by atoms with Crippen molar-refractivity contribution in [3.63, 3.8) is 0 Å². The van der Waals surface area contributed by atoms with Crippen molar-refractivity contribution in [1.82, 2.24) is 0 Å². The maximum absolute atomic E-state index is 11.3. The number of nitrogens with zero attached hydrogens (tertiary/aromatic N) is 2. The van der Waals surface area contributed by atoms with Gasteiger partial charge in [-0.25, -0.2) is 0 Å². The molecule has 20 heavy (non-hydrogen) atoms. The molecular formula is C16H16N2O2. The molecule has 0 aliphatic rings. The van der Waals surface area contributed by atoms with E-state index in [0.29, 0.717) is 0 Å². The van der Waals surface area contributed by atoms with Crippen LogP contribution in [0.2, 0.25) is 0 Å². The van der Waals surface area contributed by atoms with E-state index in [1.165, 1.54) is 0 Å². The van der Waals surface area contributed by atoms with E-state index in [4.69, 9.17) is 0 Å². The van der Waals surface area contributed by atoms with Crippen LogP contribution in [-0.4, -0.2) is 0 Å². The van der Waals surface area contributed by atoms with Crippen LogP contribution in [0.25, 0.3) is 0 Å². The average molecular weight is 268 g/mol. The van der Waals surface area contributed by atoms with Crippen LogP contribution in [0, 0.1) is 23.7 Å². The second-order valence-corrected chi connectivity index (χ2v) is 4.81. The standard InChI is InChI=1S/C16H16N2O2/c1-11-7-3-5-9-13(11)15(17-19)16(18-20)14-10-6-4-8-12(14)2/h3-10,15-16H,1-2H3. The van der Waals surface area contributed by atoms with E-state index in [-0.39, 0.29) is 0 Å². The molecule has 0 spiro atoms. The van der Waals surface area contributed by atoms with Crippen LogP contribution in [0.1, 0.15) is 34.3 Å². The fraction of sp³-hybridized carbons (Fsp3) is 0.250. The highest BCUT2D eigenvalue weighted by molar-refractivity contribution is 5.36. The lowest BCUT2D eigenvalue weighted by molar-refractivity contribution is 0.566. The Kier molecular flexibility index (Phi) is 4.35. The fourth-order valence-electron chi connectivity index (χ4n) is 2.41. The van der Waals surface area contributed by atoms with Crippen LogP contribution < -0.4 is 0 Å². The Labute approximate surface area is 117 Å². The molecule has 2 aromatic rings. The normalized spacial score (nSPS) is 13.5. The highest BCUT2D eigenvalue weighted by atomic mass is 16.3. The molecule has 0 N–H and O–H groups in total. The van der Waals surface area contributed by atoms with Gasteiger partial charge in [-0.2, -0.15) is 9.81 Å². The smallest absolute Gasteiger partial charge is 0.147 e. The minimum Gasteiger partial charge on any atom is -0.150 e. The first kappa shape index (κ1) is 14.1. The molecule has 2 atom stereocenters. The van der Waals surface area contributed by atoms with Crippen molar-refractivity contribution in [2.24, 2.45) is 10.4 Å². The summed E-state index contributed by atoms with van der Waals surface area (Å²) in [4.78, 5) is 22.6. The van der Waals surface area contributed by atoms with Gasteiger partial charge in [0.2, 0.25) is 0 Å². The Bertz CT molecular complexity index is 570. The van der Waals surface area contributed by atoms with Gasteiger partial charge in [-0.1, -0.05) is 58.9 Å². The SMILES string of the molecule is Cc1ccccc1C(N=O)C(N=O)c1ccccc1C. The Hall–Kier alpha value is -2.36. The zero-order chi connectivity index (χ0) is 14.5. The summed E-state index contributed by atoms with van der Waals surface area (Å²) in [7, 11) is 0. The van der Waals surface area contributed by atoms with Crippen LogP contribution >= 0.6 is 0 Å². The first-order valence-corrected chi connectivity index (χ1v) is 6.45. The molecule has 0 heterocycles. The topological polar surface area (TPSA) is 58.9 Å². The third kappa shape index (κ3) is 2.64. The molecule has 0 aromatic heterocycles. The maximum atomic E-state index is 11.3. The van der Waals surface area contributed by atoms with Crippen LogP contribution in [-0.2, 0) is 0 Å². The van der Waals surface area contributed by atoms with Crippen molar-refractivity contribution in [2.45, 2.75) is 25.9 Å². The van der Waals surface area contributed by atoms with E-state index in [2.05, 4.69) is 10.4 Å². The lowest BCUT2D eigenvalue weighted by Gasteiger charge is -2.19. The van der Waals surface area contributed by atoms with Crippen molar-refractivity contribution >= 4 is 0 Å². The molecule has 2 rings (SSSR count). The minimum atomic E-state index is -0.796. The van der Waals surface area contributed by atoms with Crippen molar-refractivity contribution < 1.29 is 0 Å². The zero-order valence-corrected chi connectivity index (χ0v) is 11.5. The molecule has 2 aromatic carbocycles. The summed E-state index contributed by atoms with van der Waals surface area (Å²) in [6.07, 6.45) is 0. The van der Waals surface area contributed by atoms with Gasteiger partial charge in [0, 0.05) is 0 Å². The van der Waals surface area contributed by atoms with Gasteiger partial charge in [0.25, 0.3) is 0 Å². The Balaban J connectivity index is 2.49. The number of benzene rings is 2. The van der Waals surface area contributed by atoms with Gasteiger partial charge in [0.1, 0.15) is 12.1 Å². The van der Waals surface area contributed by atoms with E-state index in [9.17, 15) is 9.81 Å². The van der Waals surface area contributed by atoms with Gasteiger partial charge >= 0.3 is 0 Å². The summed E-state index contributed by atoms with van der Waals surface area (Å²) in [6, 6.07) is 13.3. The lowest BCUT2D eigenvalue weighted by Crippen LogP contribution is -2.09. The fourth-order valence-corrected chi connectivity index (χ4v) is 2.41. The molecule has 0 aliphatic carbocycles. The first-order chi connectivity index (χ1) is 9.69. The molecule has 0 aliphatic heterocycles. The van der Waals surface area contributed by atoms with E-state index >= 15 is 0 Å². The molecule has 0 bridgehead atoms. The summed E-state index contributed by atoms with van der Waals surface area (Å²) >= 11 is 0. The Morgan fingerprint density at radius 1 is 0.700 bits per heavy atom. The number of aryl methyl sites for hydroxylation is 2. The Morgan fingerprint density at radius 2 is 1.05 bits per heavy atom. The third-order valence-electron chi connectivity index (χ3n) is 3.54. The number of hydrogen-bond acceptors (Lipinski definition) is 4. The van der Waals surface area contributed by atoms with Crippen LogP contribution in [0.5, 0.6) is 0 Å². The molecule has 0 saturated heterocycles. The molecular weight excluding hydrogens is 252 g/mol. The maximum Gasteiger partial charge on any atom is 0.147 e. The highest BCUT2D eigenvalue weighted by Gasteiger charge is 2.29. The number of nitroso groups, excluding NO2 is 2. The summed E-state index contributed by atoms with van der Waals surface area (Å²) in [5.41, 5.74) is 3.35. The molecule has 4 heteroatoms. The average Bonchev–Trinajstić information content (AvgIpc) is 2.47. The molecule has 0 radical (unpaired) electrons. The van der Waals surface area contributed by atoms with E-state index in [1.807, 2.05) is 62.4 Å². The molecule has 2 unspecified atom stereocenters. The van der Waals surface area contributed by atoms with Crippen molar-refractivity contribution in [3.05, 3.63) is 80.6 Å². The quantitative estimate of drug-likeness (QED) is 0.743. The number of hydrogen-bond donors (Lipinski definition) is 0. The highest BCUT2D eigenvalue weighted by Crippen LogP contribution is 2.37. The largest absolute Gasteiger partial charge is 0.150 e. The Morgan fingerprint density at radius 3 is 1.35 bits per heavy atom. The molecule has 0 fully saturated rings. The summed E-state index contributed by atoms with van der Waals surface area (Å²) in [5.74, 6) is 0. The van der Waals surface area contributed by atoms with Crippen molar-refractivity contribution in [1.29, 1.82) is 0 Å². The second-order valence-electron chi connectivity index (χ2n) is 4.81. The second kappa shape index (κ2) is 6.19. The molecule has 0 saturated carbocycles. The van der Waals surface area contributed by atoms with Gasteiger partial charge in [-0.15, -0.1) is 0 Å². The summed E-state index contributed by atoms with van der Waals surface area (Å²) in [6.45, 7) is 3.79. The minimum absolute atomic E-state index is 0.746. The van der Waals surface area contributed by atoms with E-state index in [0.717, 1.165) is 22.3 Å². The third-order valence-corrected chi connectivity index (χ3v) is 3.54. The lowest BCUT2D eigenvalue weighted by atomic mass is 9.90. The number of rotatable bonds is 5. The van der Waals surface area contributed by atoms with Gasteiger partial charge in [-0.3, -0.25) is 0 Å². The van der Waals surface area contributed by atoms with Crippen molar-refractivity contribution in [2.75, 3.05) is 0 Å². The predicted octanol–water partition coefficient (Wildman–Crippen LogP) is 4.62. The van der Waals surface area contributed by atoms with Gasteiger partial charge in [0.15, 0.2) is 0 Å². The van der Waals surface area contributed by atoms with Gasteiger partial charge < -0.3 is 0 Å². The van der Waals surface area contributed by atoms with Crippen LogP contribution in [0.4, 0.5) is 0 Å². The monoisotopic (exact) mass is 268 g/mol. The van der Waals surface area contributed by atoms with Crippen LogP contribution in [0.3, 0.4) is 0 Å². The van der Waals surface area contributed by atoms with Gasteiger partial charge in [-0.05, 0) is 36.1 Å². The van der Waals surface area contributed by atoms with Crippen LogP contribution in [0.15, 0.2) is 58.9 Å². The molecule has 4 nitrogen and oxygen atoms in total. The predicted molar refractivity (Wildman–Crippen MR) is 79.4 cm³/mol. The van der Waals surface area contributed by atoms with Crippen molar-refractivity contribution in [3.8, 4) is 0 Å². The summed E-state index contributed by atoms with van der Waals surface area (Å²) < 4.78 is 0. The van der Waals surface area contributed by atoms with E-state index < -0.39 is 12.1 Å². The first-order valence-electron chi connectivity index (χ1n) is 6.45. The molecule has 0 amide bonds. The van der Waals surface area contributed by atoms with E-state index in [1.54, 1.807) is 0 Å².